The number of nitrogens with zero attached hydrogens (tertiary/aromatic N) is 2. The summed E-state index contributed by atoms with van der Waals surface area (Å²) in [7, 11) is -1.87. The van der Waals surface area contributed by atoms with Gasteiger partial charge in [0, 0.05) is 32.2 Å². The topological polar surface area (TPSA) is 49.9 Å². The van der Waals surface area contributed by atoms with Gasteiger partial charge >= 0.3 is 0 Å². The fraction of sp³-hybridized carbons (Fsp3) is 0.538. The van der Waals surface area contributed by atoms with Crippen molar-refractivity contribution in [2.24, 2.45) is 0 Å². The van der Waals surface area contributed by atoms with E-state index in [1.165, 1.54) is 7.11 Å². The lowest BCUT2D eigenvalue weighted by molar-refractivity contribution is 0.196. The zero-order valence-electron chi connectivity index (χ0n) is 11.4. The van der Waals surface area contributed by atoms with Gasteiger partial charge in [-0.2, -0.15) is 4.31 Å². The standard InChI is InChI=1S/C13H20N2O3S/c1-3-14-7-9-15(10-8-14)19(16,17)13-6-4-5-12(11-13)18-2/h4-6,11H,3,7-10H2,1-2H3. The van der Waals surface area contributed by atoms with E-state index >= 15 is 0 Å². The highest BCUT2D eigenvalue weighted by Crippen LogP contribution is 2.21. The summed E-state index contributed by atoms with van der Waals surface area (Å²) in [5.41, 5.74) is 0. The van der Waals surface area contributed by atoms with Gasteiger partial charge in [-0.15, -0.1) is 0 Å². The highest BCUT2D eigenvalue weighted by molar-refractivity contribution is 7.89. The Morgan fingerprint density at radius 3 is 2.47 bits per heavy atom. The van der Waals surface area contributed by atoms with Crippen LogP contribution in [0.4, 0.5) is 0 Å². The number of benzene rings is 1. The van der Waals surface area contributed by atoms with Crippen LogP contribution in [0.15, 0.2) is 29.2 Å². The van der Waals surface area contributed by atoms with Gasteiger partial charge in [0.15, 0.2) is 0 Å². The third-order valence-electron chi connectivity index (χ3n) is 3.46. The molecule has 5 nitrogen and oxygen atoms in total. The number of rotatable bonds is 4. The van der Waals surface area contributed by atoms with E-state index < -0.39 is 10.0 Å². The first-order valence-electron chi connectivity index (χ1n) is 6.44. The quantitative estimate of drug-likeness (QED) is 0.828. The lowest BCUT2D eigenvalue weighted by Gasteiger charge is -2.33. The fourth-order valence-electron chi connectivity index (χ4n) is 2.20. The van der Waals surface area contributed by atoms with E-state index in [1.807, 2.05) is 0 Å². The van der Waals surface area contributed by atoms with Crippen molar-refractivity contribution in [1.82, 2.24) is 9.21 Å². The maximum atomic E-state index is 12.5. The van der Waals surface area contributed by atoms with Crippen LogP contribution in [0.3, 0.4) is 0 Å². The highest BCUT2D eigenvalue weighted by atomic mass is 32.2. The number of ether oxygens (including phenoxy) is 1. The maximum Gasteiger partial charge on any atom is 0.243 e. The van der Waals surface area contributed by atoms with E-state index in [0.29, 0.717) is 23.7 Å². The summed E-state index contributed by atoms with van der Waals surface area (Å²) >= 11 is 0. The van der Waals surface area contributed by atoms with Gasteiger partial charge in [0.2, 0.25) is 10.0 Å². The lowest BCUT2D eigenvalue weighted by atomic mass is 10.3. The predicted molar refractivity (Wildman–Crippen MR) is 73.9 cm³/mol. The van der Waals surface area contributed by atoms with E-state index in [-0.39, 0.29) is 0 Å². The molecule has 1 heterocycles. The van der Waals surface area contributed by atoms with E-state index in [9.17, 15) is 8.42 Å². The summed E-state index contributed by atoms with van der Waals surface area (Å²) in [6.45, 7) is 5.74. The first-order chi connectivity index (χ1) is 9.07. The molecule has 1 aromatic carbocycles. The van der Waals surface area contributed by atoms with Crippen molar-refractivity contribution >= 4 is 10.0 Å². The van der Waals surface area contributed by atoms with Gasteiger partial charge in [0.1, 0.15) is 5.75 Å². The van der Waals surface area contributed by atoms with Crippen molar-refractivity contribution in [2.75, 3.05) is 39.8 Å². The SMILES string of the molecule is CCN1CCN(S(=O)(=O)c2cccc(OC)c2)CC1. The normalized spacial score (nSPS) is 18.4. The van der Waals surface area contributed by atoms with Gasteiger partial charge in [-0.05, 0) is 18.7 Å². The van der Waals surface area contributed by atoms with E-state index in [0.717, 1.165) is 19.6 Å². The number of sulfonamides is 1. The second-order valence-corrected chi connectivity index (χ2v) is 6.46. The van der Waals surface area contributed by atoms with Crippen LogP contribution in [0.2, 0.25) is 0 Å². The number of likely N-dealkylation sites (N-methyl/N-ethyl adjacent to an activating group) is 1. The van der Waals surface area contributed by atoms with Crippen molar-refractivity contribution in [1.29, 1.82) is 0 Å². The summed E-state index contributed by atoms with van der Waals surface area (Å²) in [6.07, 6.45) is 0. The average molecular weight is 284 g/mol. The molecule has 19 heavy (non-hydrogen) atoms. The van der Waals surface area contributed by atoms with Gasteiger partial charge < -0.3 is 9.64 Å². The van der Waals surface area contributed by atoms with Crippen LogP contribution >= 0.6 is 0 Å². The molecule has 2 rings (SSSR count). The Labute approximate surface area is 114 Å². The fourth-order valence-corrected chi connectivity index (χ4v) is 3.65. The summed E-state index contributed by atoms with van der Waals surface area (Å²) in [5, 5.41) is 0. The van der Waals surface area contributed by atoms with Gasteiger partial charge in [0.25, 0.3) is 0 Å². The minimum absolute atomic E-state index is 0.303. The number of hydrogen-bond acceptors (Lipinski definition) is 4. The average Bonchev–Trinajstić information content (AvgIpc) is 2.47. The van der Waals surface area contributed by atoms with Gasteiger partial charge in [0.05, 0.1) is 12.0 Å². The monoisotopic (exact) mass is 284 g/mol. The third-order valence-corrected chi connectivity index (χ3v) is 5.35. The molecule has 6 heteroatoms. The summed E-state index contributed by atoms with van der Waals surface area (Å²) in [5.74, 6) is 0.563. The van der Waals surface area contributed by atoms with Crippen molar-refractivity contribution in [2.45, 2.75) is 11.8 Å². The molecule has 0 bridgehead atoms. The second kappa shape index (κ2) is 5.90. The Bertz CT molecular complexity index is 522. The largest absolute Gasteiger partial charge is 0.497 e. The molecule has 1 aliphatic rings. The molecule has 0 unspecified atom stereocenters. The molecule has 1 aromatic rings. The van der Waals surface area contributed by atoms with Crippen LogP contribution in [-0.2, 0) is 10.0 Å². The van der Waals surface area contributed by atoms with E-state index in [4.69, 9.17) is 4.74 Å². The first kappa shape index (κ1) is 14.3. The number of piperazine rings is 1. The molecular formula is C13H20N2O3S. The minimum atomic E-state index is -3.40. The molecular weight excluding hydrogens is 264 g/mol. The predicted octanol–water partition coefficient (Wildman–Crippen LogP) is 1.02. The Balaban J connectivity index is 2.18. The van der Waals surface area contributed by atoms with Crippen molar-refractivity contribution < 1.29 is 13.2 Å². The van der Waals surface area contributed by atoms with Crippen molar-refractivity contribution in [3.8, 4) is 5.75 Å². The Hall–Kier alpha value is -1.11. The molecule has 0 atom stereocenters. The molecule has 1 fully saturated rings. The molecule has 0 saturated carbocycles. The van der Waals surface area contributed by atoms with Gasteiger partial charge in [-0.1, -0.05) is 13.0 Å². The molecule has 1 aliphatic heterocycles. The molecule has 0 amide bonds. The summed E-state index contributed by atoms with van der Waals surface area (Å²) in [6, 6.07) is 6.63. The minimum Gasteiger partial charge on any atom is -0.497 e. The van der Waals surface area contributed by atoms with Crippen LogP contribution < -0.4 is 4.74 Å². The van der Waals surface area contributed by atoms with Crippen LogP contribution in [0.1, 0.15) is 6.92 Å². The Morgan fingerprint density at radius 1 is 1.21 bits per heavy atom. The van der Waals surface area contributed by atoms with E-state index in [2.05, 4.69) is 11.8 Å². The molecule has 0 spiro atoms. The molecule has 106 valence electrons. The maximum absolute atomic E-state index is 12.5. The molecule has 0 radical (unpaired) electrons. The molecule has 0 aliphatic carbocycles. The van der Waals surface area contributed by atoms with Crippen LogP contribution in [0.25, 0.3) is 0 Å². The number of hydrogen-bond donors (Lipinski definition) is 0. The van der Waals surface area contributed by atoms with Gasteiger partial charge in [-0.3, -0.25) is 0 Å². The zero-order chi connectivity index (χ0) is 13.9. The van der Waals surface area contributed by atoms with E-state index in [1.54, 1.807) is 28.6 Å². The molecule has 0 aromatic heterocycles. The lowest BCUT2D eigenvalue weighted by Crippen LogP contribution is -2.48. The Kier molecular flexibility index (Phi) is 4.44. The Morgan fingerprint density at radius 2 is 1.89 bits per heavy atom. The second-order valence-electron chi connectivity index (χ2n) is 4.52. The zero-order valence-corrected chi connectivity index (χ0v) is 12.2. The van der Waals surface area contributed by atoms with Gasteiger partial charge in [-0.25, -0.2) is 8.42 Å². The first-order valence-corrected chi connectivity index (χ1v) is 7.88. The van der Waals surface area contributed by atoms with Crippen LogP contribution in [0.5, 0.6) is 5.75 Å². The van der Waals surface area contributed by atoms with Crippen molar-refractivity contribution in [3.63, 3.8) is 0 Å². The molecule has 0 N–H and O–H groups in total. The summed E-state index contributed by atoms with van der Waals surface area (Å²) < 4.78 is 31.6. The highest BCUT2D eigenvalue weighted by Gasteiger charge is 2.28. The van der Waals surface area contributed by atoms with Crippen LogP contribution in [0, 0.1) is 0 Å². The van der Waals surface area contributed by atoms with Crippen molar-refractivity contribution in [3.05, 3.63) is 24.3 Å². The van der Waals surface area contributed by atoms with Crippen LogP contribution in [-0.4, -0.2) is 57.5 Å². The smallest absolute Gasteiger partial charge is 0.243 e. The third kappa shape index (κ3) is 3.08. The summed E-state index contributed by atoms with van der Waals surface area (Å²) in [4.78, 5) is 2.55. The number of methoxy groups -OCH3 is 1. The molecule has 1 saturated heterocycles.